The minimum absolute atomic E-state index is 0.175. The van der Waals surface area contributed by atoms with Crippen molar-refractivity contribution >= 4 is 23.5 Å². The zero-order valence-corrected chi connectivity index (χ0v) is 15.3. The summed E-state index contributed by atoms with van der Waals surface area (Å²) in [6.45, 7) is 0.00245. The van der Waals surface area contributed by atoms with Crippen LogP contribution in [0, 0.1) is 11.3 Å². The third-order valence-electron chi connectivity index (χ3n) is 3.90. The molecule has 0 fully saturated rings. The van der Waals surface area contributed by atoms with Crippen LogP contribution in [0.3, 0.4) is 0 Å². The molecule has 0 unspecified atom stereocenters. The number of nitrogens with one attached hydrogen (secondary N) is 2. The van der Waals surface area contributed by atoms with Crippen LogP contribution in [-0.4, -0.2) is 31.2 Å². The predicted octanol–water partition coefficient (Wildman–Crippen LogP) is 1.74. The van der Waals surface area contributed by atoms with E-state index in [0.29, 0.717) is 17.2 Å². The number of rotatable bonds is 7. The Labute approximate surface area is 166 Å². The molecule has 9 heteroatoms. The Balaban J connectivity index is 1.43. The quantitative estimate of drug-likeness (QED) is 0.684. The van der Waals surface area contributed by atoms with Gasteiger partial charge in [-0.3, -0.25) is 9.59 Å². The van der Waals surface area contributed by atoms with Gasteiger partial charge >= 0.3 is 5.97 Å². The summed E-state index contributed by atoms with van der Waals surface area (Å²) in [4.78, 5) is 35.3. The predicted molar refractivity (Wildman–Crippen MR) is 100.0 cm³/mol. The molecule has 9 nitrogen and oxygen atoms in total. The van der Waals surface area contributed by atoms with E-state index in [0.717, 1.165) is 5.56 Å². The number of hydrogen-bond donors (Lipinski definition) is 2. The Morgan fingerprint density at radius 1 is 1.03 bits per heavy atom. The van der Waals surface area contributed by atoms with E-state index in [9.17, 15) is 14.4 Å². The highest BCUT2D eigenvalue weighted by Gasteiger charge is 2.14. The van der Waals surface area contributed by atoms with E-state index < -0.39 is 24.4 Å². The fourth-order valence-electron chi connectivity index (χ4n) is 2.48. The van der Waals surface area contributed by atoms with Gasteiger partial charge in [-0.2, -0.15) is 5.26 Å². The van der Waals surface area contributed by atoms with E-state index in [2.05, 4.69) is 10.6 Å². The number of fused-ring (bicyclic) bond motifs is 1. The molecule has 0 atom stereocenters. The van der Waals surface area contributed by atoms with Gasteiger partial charge in [0.05, 0.1) is 11.6 Å². The first-order chi connectivity index (χ1) is 14.0. The molecular weight excluding hydrogens is 378 g/mol. The van der Waals surface area contributed by atoms with Crippen LogP contribution in [0.1, 0.15) is 22.3 Å². The highest BCUT2D eigenvalue weighted by Crippen LogP contribution is 2.32. The zero-order valence-electron chi connectivity index (χ0n) is 15.3. The van der Waals surface area contributed by atoms with E-state index >= 15 is 0 Å². The Bertz CT molecular complexity index is 965. The number of esters is 1. The lowest BCUT2D eigenvalue weighted by Gasteiger charge is -2.08. The molecule has 2 aromatic carbocycles. The number of amides is 2. The smallest absolute Gasteiger partial charge is 0.338 e. The van der Waals surface area contributed by atoms with Crippen LogP contribution < -0.4 is 20.1 Å². The molecule has 0 radical (unpaired) electrons. The van der Waals surface area contributed by atoms with Crippen LogP contribution in [0.2, 0.25) is 0 Å². The second-order valence-electron chi connectivity index (χ2n) is 6.00. The second-order valence-corrected chi connectivity index (χ2v) is 6.00. The standard InChI is InChI=1S/C20H17N3O6/c21-8-7-18(24)23-15-4-2-14(3-5-15)20(26)27-11-19(25)22-10-13-1-6-16-17(9-13)29-12-28-16/h1-6,9H,7,10-12H2,(H,22,25)(H,23,24). The van der Waals surface area contributed by atoms with Crippen LogP contribution in [0.4, 0.5) is 5.69 Å². The lowest BCUT2D eigenvalue weighted by molar-refractivity contribution is -0.124. The van der Waals surface area contributed by atoms with Crippen molar-refractivity contribution in [2.45, 2.75) is 13.0 Å². The van der Waals surface area contributed by atoms with Gasteiger partial charge < -0.3 is 24.8 Å². The van der Waals surface area contributed by atoms with Gasteiger partial charge in [0, 0.05) is 12.2 Å². The van der Waals surface area contributed by atoms with Crippen LogP contribution in [0.25, 0.3) is 0 Å². The summed E-state index contributed by atoms with van der Waals surface area (Å²) in [6, 6.07) is 13.0. The van der Waals surface area contributed by atoms with Crippen LogP contribution in [0.5, 0.6) is 11.5 Å². The van der Waals surface area contributed by atoms with Gasteiger partial charge in [-0.05, 0) is 42.0 Å². The SMILES string of the molecule is N#CCC(=O)Nc1ccc(C(=O)OCC(=O)NCc2ccc3c(c2)OCO3)cc1. The van der Waals surface area contributed by atoms with Gasteiger partial charge in [0.1, 0.15) is 6.42 Å². The maximum absolute atomic E-state index is 12.0. The molecule has 0 spiro atoms. The fraction of sp³-hybridized carbons (Fsp3) is 0.200. The van der Waals surface area contributed by atoms with Gasteiger partial charge in [0.15, 0.2) is 18.1 Å². The van der Waals surface area contributed by atoms with E-state index in [1.54, 1.807) is 24.3 Å². The number of hydrogen-bond acceptors (Lipinski definition) is 7. The maximum Gasteiger partial charge on any atom is 0.338 e. The third kappa shape index (κ3) is 5.46. The Kier molecular flexibility index (Phi) is 6.27. The van der Waals surface area contributed by atoms with Crippen LogP contribution in [-0.2, 0) is 20.9 Å². The molecule has 29 heavy (non-hydrogen) atoms. The molecule has 0 bridgehead atoms. The molecule has 3 rings (SSSR count). The molecule has 0 saturated carbocycles. The highest BCUT2D eigenvalue weighted by atomic mass is 16.7. The number of carbonyl (C=O) groups excluding carboxylic acids is 3. The Morgan fingerprint density at radius 3 is 2.55 bits per heavy atom. The number of anilines is 1. The number of nitriles is 1. The van der Waals surface area contributed by atoms with E-state index in [4.69, 9.17) is 19.5 Å². The van der Waals surface area contributed by atoms with Crippen LogP contribution in [0.15, 0.2) is 42.5 Å². The van der Waals surface area contributed by atoms with Crippen molar-refractivity contribution in [3.05, 3.63) is 53.6 Å². The number of ether oxygens (including phenoxy) is 3. The van der Waals surface area contributed by atoms with Gasteiger partial charge in [0.2, 0.25) is 12.7 Å². The summed E-state index contributed by atoms with van der Waals surface area (Å²) >= 11 is 0. The number of nitrogens with zero attached hydrogens (tertiary/aromatic N) is 1. The normalized spacial score (nSPS) is 11.3. The molecule has 0 aliphatic carbocycles. The number of carbonyl (C=O) groups is 3. The van der Waals surface area contributed by atoms with E-state index in [1.807, 2.05) is 0 Å². The first-order valence-electron chi connectivity index (χ1n) is 8.64. The van der Waals surface area contributed by atoms with Crippen LogP contribution >= 0.6 is 0 Å². The summed E-state index contributed by atoms with van der Waals surface area (Å²) in [5, 5.41) is 13.6. The largest absolute Gasteiger partial charge is 0.454 e. The molecule has 148 valence electrons. The van der Waals surface area contributed by atoms with Gasteiger partial charge in [0.25, 0.3) is 5.91 Å². The molecule has 2 N–H and O–H groups in total. The summed E-state index contributed by atoms with van der Waals surface area (Å²) < 4.78 is 15.5. The average molecular weight is 395 g/mol. The maximum atomic E-state index is 12.0. The Morgan fingerprint density at radius 2 is 1.79 bits per heavy atom. The van der Waals surface area contributed by atoms with Gasteiger partial charge in [-0.15, -0.1) is 0 Å². The first kappa shape index (κ1) is 19.7. The fourth-order valence-corrected chi connectivity index (χ4v) is 2.48. The summed E-state index contributed by atoms with van der Waals surface area (Å²) in [5.74, 6) is -0.281. The number of benzene rings is 2. The lowest BCUT2D eigenvalue weighted by Crippen LogP contribution is -2.28. The van der Waals surface area contributed by atoms with Crippen molar-refractivity contribution < 1.29 is 28.6 Å². The van der Waals surface area contributed by atoms with Crippen molar-refractivity contribution in [1.29, 1.82) is 5.26 Å². The van der Waals surface area contributed by atoms with E-state index in [-0.39, 0.29) is 25.3 Å². The monoisotopic (exact) mass is 395 g/mol. The van der Waals surface area contributed by atoms with E-state index in [1.165, 1.54) is 24.3 Å². The third-order valence-corrected chi connectivity index (χ3v) is 3.90. The Hall–Kier alpha value is -4.06. The molecule has 0 aromatic heterocycles. The molecular formula is C20H17N3O6. The molecule has 1 heterocycles. The summed E-state index contributed by atoms with van der Waals surface area (Å²) in [7, 11) is 0. The first-order valence-corrected chi connectivity index (χ1v) is 8.64. The molecule has 1 aliphatic heterocycles. The van der Waals surface area contributed by atoms with Crippen molar-refractivity contribution in [3.8, 4) is 17.6 Å². The summed E-state index contributed by atoms with van der Waals surface area (Å²) in [6.07, 6.45) is -0.259. The lowest BCUT2D eigenvalue weighted by atomic mass is 10.2. The van der Waals surface area contributed by atoms with Crippen molar-refractivity contribution in [1.82, 2.24) is 5.32 Å². The average Bonchev–Trinajstić information content (AvgIpc) is 3.19. The van der Waals surface area contributed by atoms with Crippen molar-refractivity contribution in [2.75, 3.05) is 18.7 Å². The second kappa shape index (κ2) is 9.23. The minimum atomic E-state index is -0.668. The van der Waals surface area contributed by atoms with Gasteiger partial charge in [-0.25, -0.2) is 4.79 Å². The molecule has 0 saturated heterocycles. The summed E-state index contributed by atoms with van der Waals surface area (Å²) in [5.41, 5.74) is 1.50. The van der Waals surface area contributed by atoms with Crippen molar-refractivity contribution in [2.24, 2.45) is 0 Å². The molecule has 2 aromatic rings. The zero-order chi connectivity index (χ0) is 20.6. The van der Waals surface area contributed by atoms with Crippen molar-refractivity contribution in [3.63, 3.8) is 0 Å². The minimum Gasteiger partial charge on any atom is -0.454 e. The molecule has 1 aliphatic rings. The highest BCUT2D eigenvalue weighted by molar-refractivity contribution is 5.94. The molecule has 2 amide bonds. The van der Waals surface area contributed by atoms with Gasteiger partial charge in [-0.1, -0.05) is 6.07 Å². The topological polar surface area (TPSA) is 127 Å².